The molecular weight excluding hydrogens is 705 g/mol. The number of amides is 1. The summed E-state index contributed by atoms with van der Waals surface area (Å²) in [4.78, 5) is 15.4. The van der Waals surface area contributed by atoms with E-state index in [2.05, 4.69) is 53.5 Å². The van der Waals surface area contributed by atoms with Crippen LogP contribution in [0.5, 0.6) is 11.5 Å². The van der Waals surface area contributed by atoms with Gasteiger partial charge in [0, 0.05) is 60.8 Å². The van der Waals surface area contributed by atoms with Crippen molar-refractivity contribution in [2.75, 3.05) is 26.3 Å². The van der Waals surface area contributed by atoms with E-state index in [9.17, 15) is 20.1 Å². The molecule has 0 saturated carbocycles. The standard InChI is InChI=1S/C46H58N4O6/c1-2-31(8-6-21-51)12-16-39-25-38(52)15-11-32-13-17-42(53)43(22-32)56-30-37-24-35(40(33-9-4-3-5-10-33)26-45(54)49-19-7-20-49)23-36-27-50(28-41(36)37)46-34(29-55-39)14-18-44(47)48-46/h3-5,9-10,13-14,17-18,22-24,27-28,31,38-40,44,48,51-53H,2,6-8,11-12,15-16,19-21,25-26,29-30,47H2,1H3/t31-,38-,39+,40-,44?/m1/s1. The van der Waals surface area contributed by atoms with Gasteiger partial charge in [-0.15, -0.1) is 0 Å². The van der Waals surface area contributed by atoms with E-state index in [0.717, 1.165) is 96.0 Å². The zero-order valence-electron chi connectivity index (χ0n) is 32.6. The Kier molecular flexibility index (Phi) is 13.1. The Balaban J connectivity index is 1.29. The number of hydrogen-bond donors (Lipinski definition) is 5. The van der Waals surface area contributed by atoms with Crippen LogP contribution in [0.2, 0.25) is 0 Å². The van der Waals surface area contributed by atoms with Crippen molar-refractivity contribution in [3.05, 3.63) is 113 Å². The lowest BCUT2D eigenvalue weighted by atomic mass is 9.86. The number of phenolic OH excluding ortho intramolecular Hbond substituents is 1. The first-order chi connectivity index (χ1) is 27.3. The van der Waals surface area contributed by atoms with E-state index in [1.165, 1.54) is 0 Å². The van der Waals surface area contributed by atoms with Crippen LogP contribution in [0.1, 0.15) is 92.9 Å². The van der Waals surface area contributed by atoms with E-state index in [1.807, 2.05) is 47.4 Å². The van der Waals surface area contributed by atoms with Crippen LogP contribution in [0.25, 0.3) is 16.6 Å². The van der Waals surface area contributed by atoms with Gasteiger partial charge in [0.15, 0.2) is 11.5 Å². The quantitative estimate of drug-likeness (QED) is 0.111. The van der Waals surface area contributed by atoms with Crippen molar-refractivity contribution >= 4 is 22.5 Å². The van der Waals surface area contributed by atoms with Gasteiger partial charge in [0.25, 0.3) is 0 Å². The minimum atomic E-state index is -0.579. The molecule has 10 heteroatoms. The molecular formula is C46H58N4O6. The summed E-state index contributed by atoms with van der Waals surface area (Å²) in [6.07, 6.45) is 14.6. The minimum absolute atomic E-state index is 0.0538. The van der Waals surface area contributed by atoms with E-state index in [0.29, 0.717) is 44.0 Å². The zero-order chi connectivity index (χ0) is 39.0. The fraction of sp³-hybridized carbons (Fsp3) is 0.457. The van der Waals surface area contributed by atoms with Crippen molar-refractivity contribution in [1.82, 2.24) is 14.8 Å². The molecule has 4 heterocycles. The van der Waals surface area contributed by atoms with E-state index < -0.39 is 12.3 Å². The predicted octanol–water partition coefficient (Wildman–Crippen LogP) is 6.95. The third-order valence-electron chi connectivity index (χ3n) is 11.9. The molecule has 6 N–H and O–H groups in total. The first-order valence-corrected chi connectivity index (χ1v) is 20.5. The van der Waals surface area contributed by atoms with Gasteiger partial charge >= 0.3 is 0 Å². The average molecular weight is 763 g/mol. The van der Waals surface area contributed by atoms with Crippen molar-refractivity contribution in [2.45, 2.75) is 102 Å². The monoisotopic (exact) mass is 762 g/mol. The summed E-state index contributed by atoms with van der Waals surface area (Å²) in [6, 6.07) is 20.0. The third-order valence-corrected chi connectivity index (χ3v) is 11.9. The lowest BCUT2D eigenvalue weighted by Crippen LogP contribution is -2.42. The second kappa shape index (κ2) is 18.6. The Bertz CT molecular complexity index is 2000. The number of hydrogen-bond acceptors (Lipinski definition) is 8. The summed E-state index contributed by atoms with van der Waals surface area (Å²) in [5.74, 6) is 1.72. The highest BCUT2D eigenvalue weighted by molar-refractivity contribution is 5.88. The Morgan fingerprint density at radius 3 is 2.64 bits per heavy atom. The molecule has 7 rings (SSSR count). The van der Waals surface area contributed by atoms with Crippen molar-refractivity contribution < 1.29 is 29.6 Å². The maximum atomic E-state index is 13.5. The van der Waals surface area contributed by atoms with Gasteiger partial charge in [0.05, 0.1) is 25.0 Å². The number of carbonyl (C=O) groups is 1. The van der Waals surface area contributed by atoms with Crippen LogP contribution in [0.3, 0.4) is 0 Å². The SMILES string of the molecule is CC[C@H](CCCO)CC[C@H]1C[C@H](O)CCc2ccc(O)c(c2)OCc2cc([C@H](CC(=O)N3CCC3)c3ccccc3)cc3cn(cc23)C2=C(C=CC(N)N2)CO1. The molecule has 3 aromatic carbocycles. The molecule has 56 heavy (non-hydrogen) atoms. The number of dihydropyridines is 1. The van der Waals surface area contributed by atoms with Crippen LogP contribution in [-0.4, -0.2) is 75.4 Å². The molecule has 3 aliphatic heterocycles. The molecule has 1 amide bonds. The number of rotatable bonds is 11. The second-order valence-corrected chi connectivity index (χ2v) is 15.8. The van der Waals surface area contributed by atoms with Crippen molar-refractivity contribution in [3.8, 4) is 11.5 Å². The molecule has 4 aromatic rings. The number of nitrogens with two attached hydrogens (primary N) is 1. The number of aromatic hydroxyl groups is 1. The fourth-order valence-electron chi connectivity index (χ4n) is 8.31. The van der Waals surface area contributed by atoms with Gasteiger partial charge in [-0.2, -0.15) is 0 Å². The van der Waals surface area contributed by atoms with Crippen molar-refractivity contribution in [1.29, 1.82) is 0 Å². The number of nitrogens with zero attached hydrogens (tertiary/aromatic N) is 2. The van der Waals surface area contributed by atoms with Crippen LogP contribution >= 0.6 is 0 Å². The molecule has 0 radical (unpaired) electrons. The number of likely N-dealkylation sites (tertiary alicyclic amines) is 1. The van der Waals surface area contributed by atoms with Gasteiger partial charge in [-0.05, 0) is 104 Å². The molecule has 1 saturated heterocycles. The van der Waals surface area contributed by atoms with Crippen LogP contribution < -0.4 is 15.8 Å². The molecule has 298 valence electrons. The van der Waals surface area contributed by atoms with Crippen LogP contribution in [0.15, 0.2) is 90.8 Å². The van der Waals surface area contributed by atoms with Gasteiger partial charge in [-0.1, -0.05) is 61.9 Å². The molecule has 10 nitrogen and oxygen atoms in total. The Morgan fingerprint density at radius 1 is 1.04 bits per heavy atom. The van der Waals surface area contributed by atoms with Gasteiger partial charge < -0.3 is 45.3 Å². The highest BCUT2D eigenvalue weighted by Crippen LogP contribution is 2.36. The number of phenols is 1. The molecule has 4 bridgehead atoms. The topological polar surface area (TPSA) is 142 Å². The first-order valence-electron chi connectivity index (χ1n) is 20.5. The van der Waals surface area contributed by atoms with Gasteiger partial charge in [0.2, 0.25) is 5.91 Å². The minimum Gasteiger partial charge on any atom is -0.504 e. The molecule has 0 spiro atoms. The molecule has 1 aromatic heterocycles. The highest BCUT2D eigenvalue weighted by atomic mass is 16.5. The van der Waals surface area contributed by atoms with Gasteiger partial charge in [0.1, 0.15) is 12.4 Å². The summed E-state index contributed by atoms with van der Waals surface area (Å²) >= 11 is 0. The van der Waals surface area contributed by atoms with Crippen LogP contribution in [0.4, 0.5) is 0 Å². The summed E-state index contributed by atoms with van der Waals surface area (Å²) in [5, 5.41) is 37.1. The largest absolute Gasteiger partial charge is 0.504 e. The number of benzene rings is 3. The highest BCUT2D eigenvalue weighted by Gasteiger charge is 2.27. The van der Waals surface area contributed by atoms with Crippen LogP contribution in [-0.2, 0) is 22.6 Å². The Morgan fingerprint density at radius 2 is 1.88 bits per heavy atom. The normalized spacial score (nSPS) is 21.4. The molecule has 5 atom stereocenters. The first kappa shape index (κ1) is 39.6. The lowest BCUT2D eigenvalue weighted by Gasteiger charge is -2.32. The van der Waals surface area contributed by atoms with Crippen molar-refractivity contribution in [3.63, 3.8) is 0 Å². The maximum absolute atomic E-state index is 13.5. The van der Waals surface area contributed by atoms with Gasteiger partial charge in [-0.3, -0.25) is 4.79 Å². The Hall–Kier alpha value is -4.61. The summed E-state index contributed by atoms with van der Waals surface area (Å²) < 4.78 is 15.2. The summed E-state index contributed by atoms with van der Waals surface area (Å²) in [7, 11) is 0. The smallest absolute Gasteiger partial charge is 0.223 e. The van der Waals surface area contributed by atoms with Gasteiger partial charge in [-0.25, -0.2) is 0 Å². The third kappa shape index (κ3) is 9.66. The zero-order valence-corrected chi connectivity index (χ0v) is 32.6. The predicted molar refractivity (Wildman–Crippen MR) is 220 cm³/mol. The molecule has 1 unspecified atom stereocenters. The summed E-state index contributed by atoms with van der Waals surface area (Å²) in [6.45, 7) is 4.52. The average Bonchev–Trinajstić information content (AvgIpc) is 3.62. The van der Waals surface area contributed by atoms with E-state index >= 15 is 0 Å². The Labute approximate surface area is 330 Å². The second-order valence-electron chi connectivity index (χ2n) is 15.8. The number of aryl methyl sites for hydroxylation is 1. The number of aliphatic hydroxyl groups excluding tert-OH is 2. The van der Waals surface area contributed by atoms with E-state index in [4.69, 9.17) is 15.2 Å². The molecule has 3 aliphatic rings. The van der Waals surface area contributed by atoms with Crippen LogP contribution in [0, 0.1) is 5.92 Å². The van der Waals surface area contributed by atoms with Crippen molar-refractivity contribution in [2.24, 2.45) is 11.7 Å². The maximum Gasteiger partial charge on any atom is 0.223 e. The number of aliphatic hydroxyl groups is 2. The number of nitrogens with one attached hydrogen (secondary N) is 1. The number of ether oxygens (including phenoxy) is 2. The lowest BCUT2D eigenvalue weighted by molar-refractivity contribution is -0.134. The number of fused-ring (bicyclic) bond motifs is 4. The van der Waals surface area contributed by atoms with E-state index in [-0.39, 0.29) is 36.9 Å². The number of carbonyl (C=O) groups excluding carboxylic acids is 1. The summed E-state index contributed by atoms with van der Waals surface area (Å²) in [5.41, 5.74) is 11.4. The van der Waals surface area contributed by atoms with E-state index in [1.54, 1.807) is 6.07 Å². The number of aromatic nitrogens is 1. The fourth-order valence-corrected chi connectivity index (χ4v) is 8.31. The molecule has 1 fully saturated rings. The molecule has 0 aliphatic carbocycles.